The Morgan fingerprint density at radius 2 is 1.78 bits per heavy atom. The Bertz CT molecular complexity index is 1190. The van der Waals surface area contributed by atoms with Crippen LogP contribution in [0, 0.1) is 5.82 Å². The van der Waals surface area contributed by atoms with Gasteiger partial charge in [-0.3, -0.25) is 9.69 Å². The van der Waals surface area contributed by atoms with Crippen molar-refractivity contribution in [1.82, 2.24) is 15.1 Å². The van der Waals surface area contributed by atoms with Crippen LogP contribution in [-0.2, 0) is 18.6 Å². The standard InChI is InChI=1S/C25H21ClFN3O2/c26-20-8-6-19(7-9-20)25-15-18-14-21(27)10-11-22(18)23(31)29(25)12-13-30(25)24(32)28-16-17-4-2-1-3-5-17/h1-11,14H,12-13,15-16H2,(H,28,32). The molecule has 1 atom stereocenters. The van der Waals surface area contributed by atoms with Crippen LogP contribution in [0.2, 0.25) is 5.02 Å². The predicted molar refractivity (Wildman–Crippen MR) is 120 cm³/mol. The van der Waals surface area contributed by atoms with Crippen LogP contribution in [0.3, 0.4) is 0 Å². The van der Waals surface area contributed by atoms with Gasteiger partial charge in [0.05, 0.1) is 0 Å². The van der Waals surface area contributed by atoms with Gasteiger partial charge in [0.2, 0.25) is 0 Å². The summed E-state index contributed by atoms with van der Waals surface area (Å²) in [4.78, 5) is 30.2. The molecule has 1 saturated heterocycles. The minimum Gasteiger partial charge on any atom is -0.334 e. The second kappa shape index (κ2) is 7.95. The van der Waals surface area contributed by atoms with Crippen molar-refractivity contribution in [2.24, 2.45) is 0 Å². The molecule has 1 N–H and O–H groups in total. The van der Waals surface area contributed by atoms with Crippen molar-refractivity contribution in [3.05, 3.63) is 106 Å². The average Bonchev–Trinajstić information content (AvgIpc) is 3.19. The molecule has 3 aromatic carbocycles. The van der Waals surface area contributed by atoms with E-state index in [1.54, 1.807) is 21.9 Å². The molecule has 162 valence electrons. The molecule has 1 unspecified atom stereocenters. The van der Waals surface area contributed by atoms with Gasteiger partial charge in [0, 0.05) is 36.6 Å². The van der Waals surface area contributed by atoms with Crippen LogP contribution in [0.15, 0.2) is 72.8 Å². The number of fused-ring (bicyclic) bond motifs is 2. The van der Waals surface area contributed by atoms with Gasteiger partial charge in [0.15, 0.2) is 0 Å². The van der Waals surface area contributed by atoms with Gasteiger partial charge in [-0.05, 0) is 47.0 Å². The molecule has 0 bridgehead atoms. The van der Waals surface area contributed by atoms with Crippen molar-refractivity contribution in [3.8, 4) is 0 Å². The summed E-state index contributed by atoms with van der Waals surface area (Å²) in [5, 5.41) is 3.54. The second-order valence-electron chi connectivity index (χ2n) is 8.05. The number of nitrogens with zero attached hydrogens (tertiary/aromatic N) is 2. The zero-order chi connectivity index (χ0) is 22.3. The maximum absolute atomic E-state index is 14.1. The van der Waals surface area contributed by atoms with E-state index in [0.29, 0.717) is 42.2 Å². The number of rotatable bonds is 3. The zero-order valence-corrected chi connectivity index (χ0v) is 18.0. The smallest absolute Gasteiger partial charge is 0.319 e. The zero-order valence-electron chi connectivity index (χ0n) is 17.2. The van der Waals surface area contributed by atoms with Gasteiger partial charge < -0.3 is 10.2 Å². The van der Waals surface area contributed by atoms with Crippen LogP contribution in [0.5, 0.6) is 0 Å². The van der Waals surface area contributed by atoms with E-state index < -0.39 is 11.5 Å². The molecule has 0 aromatic heterocycles. The number of carbonyl (C=O) groups is 2. The molecule has 0 aliphatic carbocycles. The number of halogens is 2. The highest BCUT2D eigenvalue weighted by Gasteiger charge is 2.55. The molecule has 32 heavy (non-hydrogen) atoms. The number of urea groups is 1. The van der Waals surface area contributed by atoms with E-state index in [1.807, 2.05) is 42.5 Å². The normalized spacial score (nSPS) is 19.5. The number of benzene rings is 3. The van der Waals surface area contributed by atoms with E-state index in [0.717, 1.165) is 11.1 Å². The predicted octanol–water partition coefficient (Wildman–Crippen LogP) is 4.56. The summed E-state index contributed by atoms with van der Waals surface area (Å²) in [6.07, 6.45) is 0.298. The highest BCUT2D eigenvalue weighted by molar-refractivity contribution is 6.30. The van der Waals surface area contributed by atoms with E-state index in [-0.39, 0.29) is 11.9 Å². The summed E-state index contributed by atoms with van der Waals surface area (Å²) in [5.74, 6) is -0.617. The fourth-order valence-corrected chi connectivity index (χ4v) is 4.90. The molecule has 2 aliphatic rings. The Morgan fingerprint density at radius 3 is 2.53 bits per heavy atom. The van der Waals surface area contributed by atoms with E-state index in [4.69, 9.17) is 11.6 Å². The summed E-state index contributed by atoms with van der Waals surface area (Å²) in [6.45, 7) is 1.12. The molecule has 3 amide bonds. The summed E-state index contributed by atoms with van der Waals surface area (Å²) >= 11 is 6.12. The number of carbonyl (C=O) groups excluding carboxylic acids is 2. The monoisotopic (exact) mass is 449 g/mol. The molecule has 5 nitrogen and oxygen atoms in total. The lowest BCUT2D eigenvalue weighted by Gasteiger charge is -2.47. The van der Waals surface area contributed by atoms with Crippen molar-refractivity contribution in [1.29, 1.82) is 0 Å². The van der Waals surface area contributed by atoms with Crippen molar-refractivity contribution < 1.29 is 14.0 Å². The highest BCUT2D eigenvalue weighted by Crippen LogP contribution is 2.45. The average molecular weight is 450 g/mol. The minimum absolute atomic E-state index is 0.209. The van der Waals surface area contributed by atoms with Crippen molar-refractivity contribution in [2.75, 3.05) is 13.1 Å². The van der Waals surface area contributed by atoms with Crippen molar-refractivity contribution >= 4 is 23.5 Å². The van der Waals surface area contributed by atoms with E-state index in [9.17, 15) is 14.0 Å². The van der Waals surface area contributed by atoms with Gasteiger partial charge in [-0.2, -0.15) is 0 Å². The Kier molecular flexibility index (Phi) is 5.10. The Balaban J connectivity index is 1.56. The fraction of sp³-hybridized carbons (Fsp3) is 0.200. The van der Waals surface area contributed by atoms with E-state index >= 15 is 0 Å². The molecule has 0 saturated carbocycles. The van der Waals surface area contributed by atoms with Crippen LogP contribution in [-0.4, -0.2) is 34.8 Å². The molecular weight excluding hydrogens is 429 g/mol. The van der Waals surface area contributed by atoms with Crippen molar-refractivity contribution in [3.63, 3.8) is 0 Å². The van der Waals surface area contributed by atoms with Crippen LogP contribution in [0.4, 0.5) is 9.18 Å². The van der Waals surface area contributed by atoms with E-state index in [2.05, 4.69) is 5.32 Å². The summed E-state index contributed by atoms with van der Waals surface area (Å²) in [5.41, 5.74) is 1.75. The number of hydrogen-bond acceptors (Lipinski definition) is 2. The van der Waals surface area contributed by atoms with Gasteiger partial charge in [0.25, 0.3) is 5.91 Å². The molecule has 7 heteroatoms. The lowest BCUT2D eigenvalue weighted by molar-refractivity contribution is 0.0202. The lowest BCUT2D eigenvalue weighted by atomic mass is 9.84. The first-order chi connectivity index (χ1) is 15.5. The lowest BCUT2D eigenvalue weighted by Crippen LogP contribution is -2.60. The van der Waals surface area contributed by atoms with Gasteiger partial charge in [-0.1, -0.05) is 54.1 Å². The largest absolute Gasteiger partial charge is 0.334 e. The molecule has 0 spiro atoms. The van der Waals surface area contributed by atoms with Gasteiger partial charge >= 0.3 is 6.03 Å². The quantitative estimate of drug-likeness (QED) is 0.637. The molecule has 3 aromatic rings. The van der Waals surface area contributed by atoms with Crippen LogP contribution in [0.1, 0.15) is 27.0 Å². The Hall–Kier alpha value is -3.38. The third-order valence-electron chi connectivity index (χ3n) is 6.26. The van der Waals surface area contributed by atoms with Crippen LogP contribution in [0.25, 0.3) is 0 Å². The minimum atomic E-state index is -1.05. The highest BCUT2D eigenvalue weighted by atomic mass is 35.5. The molecule has 5 rings (SSSR count). The van der Waals surface area contributed by atoms with Gasteiger partial charge in [-0.25, -0.2) is 9.18 Å². The topological polar surface area (TPSA) is 52.7 Å². The van der Waals surface area contributed by atoms with Crippen molar-refractivity contribution in [2.45, 2.75) is 18.6 Å². The van der Waals surface area contributed by atoms with Crippen LogP contribution >= 0.6 is 11.6 Å². The third kappa shape index (κ3) is 3.31. The first kappa shape index (κ1) is 20.5. The molecule has 0 radical (unpaired) electrons. The third-order valence-corrected chi connectivity index (χ3v) is 6.51. The van der Waals surface area contributed by atoms with Gasteiger partial charge in [0.1, 0.15) is 11.5 Å². The number of amides is 3. The summed E-state index contributed by atoms with van der Waals surface area (Å²) in [6, 6.07) is 20.7. The second-order valence-corrected chi connectivity index (χ2v) is 8.49. The van der Waals surface area contributed by atoms with E-state index in [1.165, 1.54) is 18.2 Å². The first-order valence-electron chi connectivity index (χ1n) is 10.4. The van der Waals surface area contributed by atoms with Gasteiger partial charge in [-0.15, -0.1) is 0 Å². The SMILES string of the molecule is O=C(NCc1ccccc1)N1CCN2C(=O)c3ccc(F)cc3CC12c1ccc(Cl)cc1. The first-order valence-corrected chi connectivity index (χ1v) is 10.8. The summed E-state index contributed by atoms with van der Waals surface area (Å²) < 4.78 is 14.1. The number of hydrogen-bond donors (Lipinski definition) is 1. The molecular formula is C25H21ClFN3O2. The molecule has 2 heterocycles. The number of nitrogens with one attached hydrogen (secondary N) is 1. The fourth-order valence-electron chi connectivity index (χ4n) is 4.77. The Labute approximate surface area is 190 Å². The Morgan fingerprint density at radius 1 is 1.03 bits per heavy atom. The maximum Gasteiger partial charge on any atom is 0.319 e. The maximum atomic E-state index is 14.1. The molecule has 2 aliphatic heterocycles. The molecule has 1 fully saturated rings. The summed E-state index contributed by atoms with van der Waals surface area (Å²) in [7, 11) is 0. The van der Waals surface area contributed by atoms with Crippen LogP contribution < -0.4 is 5.32 Å².